The third kappa shape index (κ3) is 16.0. The van der Waals surface area contributed by atoms with E-state index in [-0.39, 0.29) is 0 Å². The molecule has 0 saturated carbocycles. The summed E-state index contributed by atoms with van der Waals surface area (Å²) in [5.41, 5.74) is 5.09. The highest BCUT2D eigenvalue weighted by Gasteiger charge is 1.86. The van der Waals surface area contributed by atoms with Crippen LogP contribution < -0.4 is 5.73 Å². The van der Waals surface area contributed by atoms with E-state index in [1.165, 1.54) is 0 Å². The molecule has 0 rings (SSSR count). The Bertz CT molecular complexity index is 150. The molecule has 0 bridgehead atoms. The number of primary amides is 1. The third-order valence-electron chi connectivity index (χ3n) is 0.915. The summed E-state index contributed by atoms with van der Waals surface area (Å²) in [4.78, 5) is 11.9. The minimum absolute atomic E-state index is 0.398. The molecule has 70 valence electrons. The Labute approximate surface area is 74.5 Å². The Kier molecular flexibility index (Phi) is 9.01. The lowest BCUT2D eigenvalue weighted by Gasteiger charge is -2.01. The normalized spacial score (nSPS) is 8.33. The predicted molar refractivity (Wildman–Crippen MR) is 52.8 cm³/mol. The van der Waals surface area contributed by atoms with E-state index < -0.39 is 5.91 Å². The first-order chi connectivity index (χ1) is 5.41. The Morgan fingerprint density at radius 2 is 1.92 bits per heavy atom. The lowest BCUT2D eigenvalue weighted by atomic mass is 10.3. The zero-order valence-electron chi connectivity index (χ0n) is 8.13. The van der Waals surface area contributed by atoms with Crippen molar-refractivity contribution < 1.29 is 4.79 Å². The largest absolute Gasteiger partial charge is 0.366 e. The number of likely N-dealkylation sites (N-methyl/N-ethyl adjacent to an activating group) is 1. The van der Waals surface area contributed by atoms with Crippen LogP contribution in [0.25, 0.3) is 0 Å². The van der Waals surface area contributed by atoms with E-state index in [0.29, 0.717) is 5.57 Å². The van der Waals surface area contributed by atoms with Crippen LogP contribution in [0.3, 0.4) is 0 Å². The van der Waals surface area contributed by atoms with Crippen molar-refractivity contribution in [3.8, 4) is 0 Å². The van der Waals surface area contributed by atoms with E-state index in [9.17, 15) is 4.79 Å². The molecule has 0 spiro atoms. The van der Waals surface area contributed by atoms with Gasteiger partial charge in [0.1, 0.15) is 0 Å². The number of carbonyl (C=O) groups is 1. The fourth-order valence-electron chi connectivity index (χ4n) is 0.258. The van der Waals surface area contributed by atoms with Gasteiger partial charge in [0.2, 0.25) is 5.91 Å². The van der Waals surface area contributed by atoms with E-state index in [4.69, 9.17) is 5.73 Å². The number of nitrogens with two attached hydrogens (primary N) is 1. The minimum atomic E-state index is -0.435. The molecule has 0 unspecified atom stereocenters. The number of hydrogen-bond acceptors (Lipinski definition) is 2. The molecule has 0 aliphatic rings. The highest BCUT2D eigenvalue weighted by atomic mass is 16.1. The molecular formula is C9H18N2O. The van der Waals surface area contributed by atoms with Crippen LogP contribution in [0, 0.1) is 0 Å². The number of nitrogens with zero attached hydrogens (tertiary/aromatic N) is 1. The van der Waals surface area contributed by atoms with Gasteiger partial charge in [-0.3, -0.25) is 4.79 Å². The average molecular weight is 170 g/mol. The van der Waals surface area contributed by atoms with Gasteiger partial charge in [0.15, 0.2) is 0 Å². The molecule has 0 aliphatic carbocycles. The molecular weight excluding hydrogens is 152 g/mol. The Morgan fingerprint density at radius 1 is 1.58 bits per heavy atom. The molecule has 3 nitrogen and oxygen atoms in total. The van der Waals surface area contributed by atoms with Gasteiger partial charge < -0.3 is 10.6 Å². The van der Waals surface area contributed by atoms with Crippen LogP contribution in [0.4, 0.5) is 0 Å². The summed E-state index contributed by atoms with van der Waals surface area (Å²) in [6, 6.07) is 0. The molecule has 0 heterocycles. The van der Waals surface area contributed by atoms with Gasteiger partial charge in [0.25, 0.3) is 0 Å². The lowest BCUT2D eigenvalue weighted by Crippen LogP contribution is -2.10. The van der Waals surface area contributed by atoms with Crippen LogP contribution >= 0.6 is 0 Å². The Morgan fingerprint density at radius 3 is 1.92 bits per heavy atom. The van der Waals surface area contributed by atoms with Crippen molar-refractivity contribution in [2.24, 2.45) is 5.73 Å². The van der Waals surface area contributed by atoms with Crippen molar-refractivity contribution in [3.05, 3.63) is 24.8 Å². The molecule has 3 heteroatoms. The maximum absolute atomic E-state index is 9.82. The highest BCUT2D eigenvalue weighted by molar-refractivity contribution is 5.90. The topological polar surface area (TPSA) is 46.3 Å². The van der Waals surface area contributed by atoms with Crippen molar-refractivity contribution in [2.45, 2.75) is 6.92 Å². The maximum Gasteiger partial charge on any atom is 0.243 e. The molecule has 0 fully saturated rings. The summed E-state index contributed by atoms with van der Waals surface area (Å²) in [5, 5.41) is 0. The van der Waals surface area contributed by atoms with Crippen molar-refractivity contribution >= 4 is 5.91 Å². The molecule has 0 aliphatic heterocycles. The van der Waals surface area contributed by atoms with Gasteiger partial charge in [-0.25, -0.2) is 0 Å². The number of rotatable bonds is 3. The van der Waals surface area contributed by atoms with Gasteiger partial charge in [0.05, 0.1) is 0 Å². The molecule has 1 amide bonds. The van der Waals surface area contributed by atoms with Crippen molar-refractivity contribution in [2.75, 3.05) is 20.6 Å². The van der Waals surface area contributed by atoms with E-state index in [1.54, 1.807) is 6.92 Å². The van der Waals surface area contributed by atoms with Crippen LogP contribution in [0.2, 0.25) is 0 Å². The SMILES string of the molecule is C=C(C)C(N)=O.C=CCN(C)C. The molecule has 0 aromatic carbocycles. The molecule has 0 aromatic heterocycles. The summed E-state index contributed by atoms with van der Waals surface area (Å²) in [6.07, 6.45) is 1.88. The fourth-order valence-corrected chi connectivity index (χ4v) is 0.258. The van der Waals surface area contributed by atoms with Gasteiger partial charge in [-0.05, 0) is 21.0 Å². The summed E-state index contributed by atoms with van der Waals surface area (Å²) in [5.74, 6) is -0.435. The van der Waals surface area contributed by atoms with Crippen LogP contribution in [-0.4, -0.2) is 31.4 Å². The predicted octanol–water partition coefficient (Wildman–Crippen LogP) is 0.782. The maximum atomic E-state index is 9.82. The van der Waals surface area contributed by atoms with Gasteiger partial charge >= 0.3 is 0 Å². The van der Waals surface area contributed by atoms with Crippen LogP contribution in [-0.2, 0) is 4.79 Å². The van der Waals surface area contributed by atoms with Crippen LogP contribution in [0.15, 0.2) is 24.8 Å². The Hall–Kier alpha value is -1.09. The first-order valence-corrected chi connectivity index (χ1v) is 3.62. The van der Waals surface area contributed by atoms with Gasteiger partial charge in [-0.2, -0.15) is 0 Å². The van der Waals surface area contributed by atoms with Gasteiger partial charge in [-0.1, -0.05) is 12.7 Å². The van der Waals surface area contributed by atoms with Gasteiger partial charge in [-0.15, -0.1) is 6.58 Å². The smallest absolute Gasteiger partial charge is 0.243 e. The van der Waals surface area contributed by atoms with E-state index in [0.717, 1.165) is 6.54 Å². The Balaban J connectivity index is 0. The zero-order valence-corrected chi connectivity index (χ0v) is 8.13. The van der Waals surface area contributed by atoms with E-state index in [1.807, 2.05) is 20.2 Å². The molecule has 2 N–H and O–H groups in total. The summed E-state index contributed by atoms with van der Waals surface area (Å²) >= 11 is 0. The molecule has 0 radical (unpaired) electrons. The summed E-state index contributed by atoms with van der Waals surface area (Å²) in [7, 11) is 4.03. The second-order valence-corrected chi connectivity index (χ2v) is 2.70. The minimum Gasteiger partial charge on any atom is -0.366 e. The van der Waals surface area contributed by atoms with Crippen molar-refractivity contribution in [3.63, 3.8) is 0 Å². The number of hydrogen-bond donors (Lipinski definition) is 1. The third-order valence-corrected chi connectivity index (χ3v) is 0.915. The first-order valence-electron chi connectivity index (χ1n) is 3.62. The average Bonchev–Trinajstić information content (AvgIpc) is 1.87. The molecule has 0 atom stereocenters. The summed E-state index contributed by atoms with van der Waals surface area (Å²) < 4.78 is 0. The van der Waals surface area contributed by atoms with Gasteiger partial charge in [0, 0.05) is 12.1 Å². The molecule has 12 heavy (non-hydrogen) atoms. The molecule has 0 aromatic rings. The number of amides is 1. The van der Waals surface area contributed by atoms with Crippen LogP contribution in [0.5, 0.6) is 0 Å². The monoisotopic (exact) mass is 170 g/mol. The summed E-state index contributed by atoms with van der Waals surface area (Å²) in [6.45, 7) is 9.38. The fraction of sp³-hybridized carbons (Fsp3) is 0.444. The van der Waals surface area contributed by atoms with Crippen LogP contribution in [0.1, 0.15) is 6.92 Å². The van der Waals surface area contributed by atoms with Crippen molar-refractivity contribution in [1.29, 1.82) is 0 Å². The lowest BCUT2D eigenvalue weighted by molar-refractivity contribution is -0.114. The standard InChI is InChI=1S/C5H11N.C4H7NO/c1-4-5-6(2)3;1-3(2)4(5)6/h4H,1,5H2,2-3H3;1H2,2H3,(H2,5,6). The number of carbonyl (C=O) groups excluding carboxylic acids is 1. The first kappa shape index (κ1) is 13.5. The van der Waals surface area contributed by atoms with Crippen molar-refractivity contribution in [1.82, 2.24) is 4.90 Å². The van der Waals surface area contributed by atoms with E-state index >= 15 is 0 Å². The second kappa shape index (κ2) is 8.01. The highest BCUT2D eigenvalue weighted by Crippen LogP contribution is 1.78. The zero-order chi connectivity index (χ0) is 10.1. The molecule has 0 saturated heterocycles. The second-order valence-electron chi connectivity index (χ2n) is 2.70. The van der Waals surface area contributed by atoms with E-state index in [2.05, 4.69) is 18.1 Å². The quantitative estimate of drug-likeness (QED) is 0.502.